The monoisotopic (exact) mass is 391 g/mol. The van der Waals surface area contributed by atoms with Gasteiger partial charge in [-0.05, 0) is 37.9 Å². The molecule has 6 nitrogen and oxygen atoms in total. The molecule has 2 N–H and O–H groups in total. The molecule has 0 bridgehead atoms. The summed E-state index contributed by atoms with van der Waals surface area (Å²) >= 11 is 7.88. The fourth-order valence-electron chi connectivity index (χ4n) is 1.07. The lowest BCUT2D eigenvalue weighted by atomic mass is 10.4. The number of pyridine rings is 1. The third-order valence-corrected chi connectivity index (χ3v) is 3.71. The van der Waals surface area contributed by atoms with Gasteiger partial charge in [0.2, 0.25) is 5.91 Å². The van der Waals surface area contributed by atoms with Crippen molar-refractivity contribution in [2.75, 3.05) is 11.1 Å². The van der Waals surface area contributed by atoms with Crippen LogP contribution in [0, 0.1) is 0 Å². The van der Waals surface area contributed by atoms with Gasteiger partial charge in [-0.15, -0.1) is 0 Å². The summed E-state index contributed by atoms with van der Waals surface area (Å²) < 4.78 is 1.55. The van der Waals surface area contributed by atoms with E-state index < -0.39 is 0 Å². The molecule has 0 spiro atoms. The van der Waals surface area contributed by atoms with Crippen LogP contribution in [0.4, 0.5) is 5.82 Å². The molecule has 0 aromatic carbocycles. The van der Waals surface area contributed by atoms with Crippen LogP contribution in [-0.4, -0.2) is 31.8 Å². The molecule has 0 aliphatic heterocycles. The summed E-state index contributed by atoms with van der Waals surface area (Å²) in [5.41, 5.74) is 0. The van der Waals surface area contributed by atoms with E-state index in [1.54, 1.807) is 6.20 Å². The van der Waals surface area contributed by atoms with Crippen molar-refractivity contribution in [2.24, 2.45) is 0 Å². The van der Waals surface area contributed by atoms with Crippen LogP contribution >= 0.6 is 43.6 Å². The summed E-state index contributed by atoms with van der Waals surface area (Å²) in [6.07, 6.45) is 3.01. The second-order valence-electron chi connectivity index (χ2n) is 3.11. The Morgan fingerprint density at radius 2 is 2.28 bits per heavy atom. The third-order valence-electron chi connectivity index (χ3n) is 1.80. The van der Waals surface area contributed by atoms with Gasteiger partial charge in [-0.2, -0.15) is 5.10 Å². The van der Waals surface area contributed by atoms with Crippen LogP contribution in [0.15, 0.2) is 32.7 Å². The molecule has 0 saturated carbocycles. The molecule has 2 aromatic rings. The average Bonchev–Trinajstić information content (AvgIpc) is 2.83. The Morgan fingerprint density at radius 3 is 2.94 bits per heavy atom. The zero-order valence-electron chi connectivity index (χ0n) is 8.85. The summed E-state index contributed by atoms with van der Waals surface area (Å²) in [5, 5.41) is 9.66. The van der Waals surface area contributed by atoms with Gasteiger partial charge in [-0.25, -0.2) is 9.97 Å². The maximum Gasteiger partial charge on any atom is 0.236 e. The minimum atomic E-state index is -0.160. The van der Waals surface area contributed by atoms with E-state index in [0.29, 0.717) is 11.0 Å². The second-order valence-corrected chi connectivity index (χ2v) is 5.85. The number of hydrogen-bond donors (Lipinski definition) is 2. The zero-order chi connectivity index (χ0) is 13.0. The topological polar surface area (TPSA) is 83.6 Å². The van der Waals surface area contributed by atoms with Gasteiger partial charge in [-0.1, -0.05) is 11.8 Å². The largest absolute Gasteiger partial charge is 0.309 e. The van der Waals surface area contributed by atoms with E-state index in [0.717, 1.165) is 8.95 Å². The van der Waals surface area contributed by atoms with Crippen LogP contribution in [0.5, 0.6) is 0 Å². The van der Waals surface area contributed by atoms with E-state index >= 15 is 0 Å². The van der Waals surface area contributed by atoms with Crippen molar-refractivity contribution in [1.29, 1.82) is 0 Å². The van der Waals surface area contributed by atoms with Gasteiger partial charge >= 0.3 is 0 Å². The normalized spacial score (nSPS) is 10.3. The van der Waals surface area contributed by atoms with Crippen LogP contribution < -0.4 is 5.32 Å². The molecule has 9 heteroatoms. The SMILES string of the molecule is O=C(CSc1ncn[nH]1)Nc1ncc(Br)cc1Br. The molecule has 0 saturated heterocycles. The standard InChI is InChI=1S/C9H7Br2N5OS/c10-5-1-6(11)8(12-2-5)15-7(17)3-18-9-13-4-14-16-9/h1-2,4H,3H2,(H,12,15,17)(H,13,14,16). The quantitative estimate of drug-likeness (QED) is 0.780. The number of carbonyl (C=O) groups is 1. The Bertz CT molecular complexity index is 548. The fraction of sp³-hybridized carbons (Fsp3) is 0.111. The number of aromatic amines is 1. The maximum absolute atomic E-state index is 11.7. The van der Waals surface area contributed by atoms with Crippen molar-refractivity contribution >= 4 is 55.3 Å². The highest BCUT2D eigenvalue weighted by Gasteiger charge is 2.08. The van der Waals surface area contributed by atoms with Crippen molar-refractivity contribution in [3.8, 4) is 0 Å². The van der Waals surface area contributed by atoms with Crippen molar-refractivity contribution in [2.45, 2.75) is 5.16 Å². The second kappa shape index (κ2) is 6.30. The zero-order valence-corrected chi connectivity index (χ0v) is 12.8. The van der Waals surface area contributed by atoms with E-state index in [-0.39, 0.29) is 11.7 Å². The summed E-state index contributed by atoms with van der Waals surface area (Å²) in [6, 6.07) is 1.81. The fourth-order valence-corrected chi connectivity index (χ4v) is 2.74. The number of nitrogens with zero attached hydrogens (tertiary/aromatic N) is 3. The molecule has 0 aliphatic rings. The van der Waals surface area contributed by atoms with Gasteiger partial charge in [0.05, 0.1) is 10.2 Å². The van der Waals surface area contributed by atoms with Gasteiger partial charge in [-0.3, -0.25) is 9.89 Å². The highest BCUT2D eigenvalue weighted by atomic mass is 79.9. The number of rotatable bonds is 4. The highest BCUT2D eigenvalue weighted by Crippen LogP contribution is 2.23. The Morgan fingerprint density at radius 1 is 1.44 bits per heavy atom. The van der Waals surface area contributed by atoms with Crippen LogP contribution in [0.2, 0.25) is 0 Å². The number of H-pyrrole nitrogens is 1. The van der Waals surface area contributed by atoms with Crippen molar-refractivity contribution < 1.29 is 4.79 Å². The first-order chi connectivity index (χ1) is 8.65. The molecule has 0 aliphatic carbocycles. The average molecular weight is 393 g/mol. The van der Waals surface area contributed by atoms with Gasteiger partial charge in [0.25, 0.3) is 0 Å². The molecule has 2 rings (SSSR count). The van der Waals surface area contributed by atoms with Crippen LogP contribution in [0.25, 0.3) is 0 Å². The Balaban J connectivity index is 1.91. The molecule has 1 amide bonds. The van der Waals surface area contributed by atoms with E-state index in [9.17, 15) is 4.79 Å². The number of carbonyl (C=O) groups excluding carboxylic acids is 1. The molecule has 2 heterocycles. The molecule has 2 aromatic heterocycles. The lowest BCUT2D eigenvalue weighted by molar-refractivity contribution is -0.113. The number of aromatic nitrogens is 4. The number of hydrogen-bond acceptors (Lipinski definition) is 5. The van der Waals surface area contributed by atoms with Crippen LogP contribution in [0.3, 0.4) is 0 Å². The highest BCUT2D eigenvalue weighted by molar-refractivity contribution is 9.11. The smallest absolute Gasteiger partial charge is 0.236 e. The van der Waals surface area contributed by atoms with E-state index in [1.165, 1.54) is 18.1 Å². The molecular formula is C9H7Br2N5OS. The van der Waals surface area contributed by atoms with E-state index in [2.05, 4.69) is 57.3 Å². The van der Waals surface area contributed by atoms with Crippen LogP contribution in [0.1, 0.15) is 0 Å². The molecule has 0 fully saturated rings. The van der Waals surface area contributed by atoms with Gasteiger partial charge in [0.15, 0.2) is 5.16 Å². The predicted molar refractivity (Wildman–Crippen MR) is 75.4 cm³/mol. The Kier molecular flexibility index (Phi) is 4.72. The predicted octanol–water partition coefficient (Wildman–Crippen LogP) is 2.46. The third kappa shape index (κ3) is 3.79. The Hall–Kier alpha value is -0.930. The van der Waals surface area contributed by atoms with Gasteiger partial charge < -0.3 is 5.32 Å². The van der Waals surface area contributed by atoms with Gasteiger partial charge in [0, 0.05) is 10.7 Å². The number of thioether (sulfide) groups is 1. The number of anilines is 1. The summed E-state index contributed by atoms with van der Waals surface area (Å²) in [7, 11) is 0. The summed E-state index contributed by atoms with van der Waals surface area (Å²) in [6.45, 7) is 0. The minimum absolute atomic E-state index is 0.160. The summed E-state index contributed by atoms with van der Waals surface area (Å²) in [4.78, 5) is 19.7. The molecule has 0 unspecified atom stereocenters. The number of nitrogens with one attached hydrogen (secondary N) is 2. The number of amides is 1. The lowest BCUT2D eigenvalue weighted by Crippen LogP contribution is -2.15. The maximum atomic E-state index is 11.7. The van der Waals surface area contributed by atoms with Crippen LogP contribution in [-0.2, 0) is 4.79 Å². The summed E-state index contributed by atoms with van der Waals surface area (Å²) in [5.74, 6) is 0.563. The first-order valence-corrected chi connectivity index (χ1v) is 7.31. The van der Waals surface area contributed by atoms with Crippen molar-refractivity contribution in [3.63, 3.8) is 0 Å². The van der Waals surface area contributed by atoms with E-state index in [4.69, 9.17) is 0 Å². The van der Waals surface area contributed by atoms with Crippen molar-refractivity contribution in [3.05, 3.63) is 27.5 Å². The molecular weight excluding hydrogens is 386 g/mol. The minimum Gasteiger partial charge on any atom is -0.309 e. The van der Waals surface area contributed by atoms with Gasteiger partial charge in [0.1, 0.15) is 12.1 Å². The molecule has 94 valence electrons. The molecule has 18 heavy (non-hydrogen) atoms. The first-order valence-electron chi connectivity index (χ1n) is 4.74. The number of halogens is 2. The molecule has 0 radical (unpaired) electrons. The lowest BCUT2D eigenvalue weighted by Gasteiger charge is -2.05. The first kappa shape index (κ1) is 13.5. The molecule has 0 atom stereocenters. The Labute approximate surface area is 124 Å². The van der Waals surface area contributed by atoms with Crippen molar-refractivity contribution in [1.82, 2.24) is 20.2 Å². The van der Waals surface area contributed by atoms with E-state index in [1.807, 2.05) is 6.07 Å².